The molecule has 0 atom stereocenters. The molecule has 2 aromatic rings. The Morgan fingerprint density at radius 3 is 1.90 bits per heavy atom. The average Bonchev–Trinajstić information content (AvgIpc) is 2.79. The largest absolute Gasteiger partial charge is 0.207 e. The van der Waals surface area contributed by atoms with E-state index in [-0.39, 0.29) is 5.82 Å². The third-order valence-electron chi connectivity index (χ3n) is 8.31. The average molecular weight is 409 g/mol. The van der Waals surface area contributed by atoms with Gasteiger partial charge in [0.15, 0.2) is 0 Å². The van der Waals surface area contributed by atoms with Crippen molar-refractivity contribution in [2.24, 2.45) is 17.8 Å². The molecule has 2 saturated carbocycles. The fourth-order valence-corrected chi connectivity index (χ4v) is 6.24. The maximum Gasteiger partial charge on any atom is 0.123 e. The summed E-state index contributed by atoms with van der Waals surface area (Å²) < 4.78 is 13.4. The third kappa shape index (κ3) is 5.86. The Balaban J connectivity index is 1.18. The van der Waals surface area contributed by atoms with Crippen LogP contribution in [0.3, 0.4) is 0 Å². The van der Waals surface area contributed by atoms with Crippen molar-refractivity contribution in [3.05, 3.63) is 47.8 Å². The topological polar surface area (TPSA) is 0 Å². The van der Waals surface area contributed by atoms with Gasteiger partial charge in [-0.2, -0.15) is 0 Å². The summed E-state index contributed by atoms with van der Waals surface area (Å²) in [4.78, 5) is 0. The van der Waals surface area contributed by atoms with Gasteiger partial charge in [-0.1, -0.05) is 95.4 Å². The van der Waals surface area contributed by atoms with E-state index in [9.17, 15) is 4.39 Å². The van der Waals surface area contributed by atoms with Gasteiger partial charge in [-0.3, -0.25) is 0 Å². The lowest BCUT2D eigenvalue weighted by Crippen LogP contribution is -2.17. The molecule has 0 saturated heterocycles. The van der Waals surface area contributed by atoms with Gasteiger partial charge in [-0.05, 0) is 77.8 Å². The van der Waals surface area contributed by atoms with Crippen LogP contribution < -0.4 is 0 Å². The van der Waals surface area contributed by atoms with E-state index in [1.54, 1.807) is 12.1 Å². The Morgan fingerprint density at radius 2 is 1.23 bits per heavy atom. The van der Waals surface area contributed by atoms with Crippen LogP contribution in [0.25, 0.3) is 10.8 Å². The van der Waals surface area contributed by atoms with E-state index in [1.807, 2.05) is 6.07 Å². The molecule has 0 bridgehead atoms. The van der Waals surface area contributed by atoms with Crippen LogP contribution in [0, 0.1) is 23.6 Å². The summed E-state index contributed by atoms with van der Waals surface area (Å²) >= 11 is 0. The van der Waals surface area contributed by atoms with Crippen LogP contribution in [0.1, 0.15) is 108 Å². The summed E-state index contributed by atoms with van der Waals surface area (Å²) in [5.41, 5.74) is 1.47. The molecule has 0 nitrogen and oxygen atoms in total. The Kier molecular flexibility index (Phi) is 7.85. The predicted molar refractivity (Wildman–Crippen MR) is 127 cm³/mol. The molecule has 2 aromatic carbocycles. The van der Waals surface area contributed by atoms with Gasteiger partial charge in [0.1, 0.15) is 5.82 Å². The first-order valence-corrected chi connectivity index (χ1v) is 12.9. The number of fused-ring (bicyclic) bond motifs is 1. The molecule has 0 amide bonds. The quantitative estimate of drug-likeness (QED) is 0.381. The number of halogens is 1. The van der Waals surface area contributed by atoms with Crippen LogP contribution in [-0.2, 0) is 0 Å². The second-order valence-electron chi connectivity index (χ2n) is 10.4. The minimum absolute atomic E-state index is 0.138. The molecule has 4 rings (SSSR count). The number of hydrogen-bond acceptors (Lipinski definition) is 0. The molecule has 30 heavy (non-hydrogen) atoms. The molecule has 0 aliphatic heterocycles. The molecular formula is C29H41F. The lowest BCUT2D eigenvalue weighted by Gasteiger charge is -2.32. The van der Waals surface area contributed by atoms with Gasteiger partial charge in [-0.25, -0.2) is 4.39 Å². The molecule has 2 aliphatic rings. The van der Waals surface area contributed by atoms with Crippen molar-refractivity contribution in [2.75, 3.05) is 0 Å². The van der Waals surface area contributed by atoms with Crippen molar-refractivity contribution in [1.82, 2.24) is 0 Å². The predicted octanol–water partition coefficient (Wildman–Crippen LogP) is 9.42. The standard InChI is InChI=1S/C29H41F/c1-2-3-4-5-22-6-8-23(9-7-22)10-11-24-12-14-25(15-13-24)26-16-17-28-21-29(30)19-18-27(28)20-26/h16-25H,2-15H2,1H3/t22-,23-,24?,25?. The summed E-state index contributed by atoms with van der Waals surface area (Å²) in [6.45, 7) is 2.31. The van der Waals surface area contributed by atoms with Gasteiger partial charge in [0.25, 0.3) is 0 Å². The summed E-state index contributed by atoms with van der Waals surface area (Å²) in [7, 11) is 0. The van der Waals surface area contributed by atoms with Gasteiger partial charge in [0, 0.05) is 0 Å². The molecule has 2 aliphatic carbocycles. The lowest BCUT2D eigenvalue weighted by molar-refractivity contribution is 0.222. The number of benzene rings is 2. The molecule has 0 unspecified atom stereocenters. The Bertz CT molecular complexity index is 778. The highest BCUT2D eigenvalue weighted by atomic mass is 19.1. The monoisotopic (exact) mass is 408 g/mol. The Labute approximate surface area is 183 Å². The third-order valence-corrected chi connectivity index (χ3v) is 8.31. The van der Waals surface area contributed by atoms with Crippen molar-refractivity contribution >= 4 is 10.8 Å². The van der Waals surface area contributed by atoms with Crippen molar-refractivity contribution in [3.63, 3.8) is 0 Å². The molecule has 1 heteroatoms. The van der Waals surface area contributed by atoms with Crippen molar-refractivity contribution in [1.29, 1.82) is 0 Å². The molecule has 0 N–H and O–H groups in total. The molecule has 164 valence electrons. The number of hydrogen-bond donors (Lipinski definition) is 0. The van der Waals surface area contributed by atoms with Gasteiger partial charge < -0.3 is 0 Å². The Hall–Kier alpha value is -1.37. The van der Waals surface area contributed by atoms with Crippen LogP contribution >= 0.6 is 0 Å². The summed E-state index contributed by atoms with van der Waals surface area (Å²) in [5, 5.41) is 2.20. The van der Waals surface area contributed by atoms with E-state index in [1.165, 1.54) is 101 Å². The zero-order chi connectivity index (χ0) is 20.8. The summed E-state index contributed by atoms with van der Waals surface area (Å²) in [6.07, 6.45) is 20.2. The smallest absolute Gasteiger partial charge is 0.123 e. The molecule has 2 fully saturated rings. The second-order valence-corrected chi connectivity index (χ2v) is 10.4. The SMILES string of the molecule is CCCCC[C@H]1CC[C@H](CCC2CCC(c3ccc4cc(F)ccc4c3)CC2)CC1. The number of unbranched alkanes of at least 4 members (excludes halogenated alkanes) is 2. The highest BCUT2D eigenvalue weighted by Crippen LogP contribution is 2.40. The Morgan fingerprint density at radius 1 is 0.667 bits per heavy atom. The van der Waals surface area contributed by atoms with Crippen molar-refractivity contribution < 1.29 is 4.39 Å². The molecule has 0 heterocycles. The van der Waals surface area contributed by atoms with Crippen LogP contribution in [0.2, 0.25) is 0 Å². The minimum Gasteiger partial charge on any atom is -0.207 e. The summed E-state index contributed by atoms with van der Waals surface area (Å²) in [5.74, 6) is 3.58. The first kappa shape index (κ1) is 21.8. The highest BCUT2D eigenvalue weighted by Gasteiger charge is 2.25. The van der Waals surface area contributed by atoms with Gasteiger partial charge in [0.2, 0.25) is 0 Å². The molecular weight excluding hydrogens is 367 g/mol. The van der Waals surface area contributed by atoms with Gasteiger partial charge in [0.05, 0.1) is 0 Å². The second kappa shape index (κ2) is 10.8. The first-order valence-electron chi connectivity index (χ1n) is 12.9. The maximum atomic E-state index is 13.4. The van der Waals surface area contributed by atoms with E-state index in [4.69, 9.17) is 0 Å². The molecule has 0 aromatic heterocycles. The van der Waals surface area contributed by atoms with E-state index in [0.29, 0.717) is 5.92 Å². The minimum atomic E-state index is -0.138. The van der Waals surface area contributed by atoms with E-state index < -0.39 is 0 Å². The van der Waals surface area contributed by atoms with Crippen LogP contribution in [0.5, 0.6) is 0 Å². The first-order chi connectivity index (χ1) is 14.7. The zero-order valence-electron chi connectivity index (χ0n) is 19.1. The normalized spacial score (nSPS) is 27.4. The van der Waals surface area contributed by atoms with Gasteiger partial charge in [-0.15, -0.1) is 0 Å². The van der Waals surface area contributed by atoms with Crippen molar-refractivity contribution in [3.8, 4) is 0 Å². The number of rotatable bonds is 8. The van der Waals surface area contributed by atoms with E-state index in [2.05, 4.69) is 25.1 Å². The highest BCUT2D eigenvalue weighted by molar-refractivity contribution is 5.83. The van der Waals surface area contributed by atoms with Crippen LogP contribution in [0.4, 0.5) is 4.39 Å². The molecule has 0 radical (unpaired) electrons. The zero-order valence-corrected chi connectivity index (χ0v) is 19.1. The van der Waals surface area contributed by atoms with E-state index in [0.717, 1.165) is 23.1 Å². The lowest BCUT2D eigenvalue weighted by atomic mass is 9.74. The van der Waals surface area contributed by atoms with Crippen molar-refractivity contribution in [2.45, 2.75) is 103 Å². The van der Waals surface area contributed by atoms with Crippen LogP contribution in [-0.4, -0.2) is 0 Å². The summed E-state index contributed by atoms with van der Waals surface area (Å²) in [6, 6.07) is 11.8. The fourth-order valence-electron chi connectivity index (χ4n) is 6.24. The fraction of sp³-hybridized carbons (Fsp3) is 0.655. The van der Waals surface area contributed by atoms with Gasteiger partial charge >= 0.3 is 0 Å². The van der Waals surface area contributed by atoms with Crippen LogP contribution in [0.15, 0.2) is 36.4 Å². The maximum absolute atomic E-state index is 13.4. The molecule has 0 spiro atoms. The van der Waals surface area contributed by atoms with E-state index >= 15 is 0 Å².